The molecule has 2 nitrogen and oxygen atoms in total. The molecule has 0 spiro atoms. The maximum atomic E-state index is 6.53. The summed E-state index contributed by atoms with van der Waals surface area (Å²) < 4.78 is 8.96. The molecule has 0 amide bonds. The zero-order valence-corrected chi connectivity index (χ0v) is 25.6. The van der Waals surface area contributed by atoms with Crippen LogP contribution in [-0.2, 0) is 0 Å². The molecular weight excluding hydrogens is 563 g/mol. The van der Waals surface area contributed by atoms with E-state index in [4.69, 9.17) is 4.42 Å². The van der Waals surface area contributed by atoms with Crippen molar-refractivity contribution in [3.05, 3.63) is 176 Å². The monoisotopic (exact) mass is 591 g/mol. The zero-order valence-electron chi connectivity index (χ0n) is 24.6. The number of nitrogens with zero attached hydrogens (tertiary/aromatic N) is 1. The molecule has 0 bridgehead atoms. The summed E-state index contributed by atoms with van der Waals surface area (Å²) in [6.07, 6.45) is 0. The summed E-state index contributed by atoms with van der Waals surface area (Å²) in [7, 11) is -2.99. The van der Waals surface area contributed by atoms with Crippen molar-refractivity contribution in [2.24, 2.45) is 0 Å². The Bertz CT molecular complexity index is 2440. The van der Waals surface area contributed by atoms with E-state index in [0.29, 0.717) is 0 Å². The van der Waals surface area contributed by atoms with Crippen molar-refractivity contribution < 1.29 is 4.42 Å². The van der Waals surface area contributed by atoms with Crippen molar-refractivity contribution in [2.45, 2.75) is 0 Å². The molecule has 3 heteroatoms. The fourth-order valence-electron chi connectivity index (χ4n) is 7.58. The molecule has 0 unspecified atom stereocenters. The zero-order chi connectivity index (χ0) is 29.8. The lowest BCUT2D eigenvalue weighted by Gasteiger charge is -2.35. The molecule has 2 aromatic heterocycles. The molecular formula is C42H29NOSi. The summed E-state index contributed by atoms with van der Waals surface area (Å²) in [6.45, 7) is 0. The molecule has 212 valence electrons. The number of fused-ring (bicyclic) bond motifs is 6. The van der Waals surface area contributed by atoms with E-state index in [9.17, 15) is 0 Å². The van der Waals surface area contributed by atoms with Crippen LogP contribution in [0.25, 0.3) is 49.4 Å². The second-order valence-corrected chi connectivity index (χ2v) is 15.4. The summed E-state index contributed by atoms with van der Waals surface area (Å²) in [5.41, 5.74) is 5.43. The summed E-state index contributed by atoms with van der Waals surface area (Å²) in [4.78, 5) is 0. The molecule has 0 fully saturated rings. The van der Waals surface area contributed by atoms with Gasteiger partial charge in [0, 0.05) is 27.2 Å². The Morgan fingerprint density at radius 3 is 1.60 bits per heavy atom. The Morgan fingerprint density at radius 1 is 0.378 bits per heavy atom. The first-order valence-corrected chi connectivity index (χ1v) is 17.5. The van der Waals surface area contributed by atoms with Gasteiger partial charge < -0.3 is 8.98 Å². The van der Waals surface area contributed by atoms with E-state index >= 15 is 0 Å². The molecule has 0 saturated heterocycles. The van der Waals surface area contributed by atoms with Crippen LogP contribution in [0.5, 0.6) is 0 Å². The van der Waals surface area contributed by atoms with E-state index in [1.165, 1.54) is 47.9 Å². The van der Waals surface area contributed by atoms with Crippen molar-refractivity contribution in [1.82, 2.24) is 4.57 Å². The highest BCUT2D eigenvalue weighted by Crippen LogP contribution is 2.34. The highest BCUT2D eigenvalue weighted by Gasteiger charge is 2.44. The Balaban J connectivity index is 1.54. The summed E-state index contributed by atoms with van der Waals surface area (Å²) in [5.74, 6) is 0. The van der Waals surface area contributed by atoms with Gasteiger partial charge in [-0.2, -0.15) is 0 Å². The molecule has 2 heterocycles. The minimum absolute atomic E-state index is 0.919. The van der Waals surface area contributed by atoms with Crippen molar-refractivity contribution in [3.8, 4) is 5.69 Å². The third kappa shape index (κ3) is 3.74. The second kappa shape index (κ2) is 10.2. The van der Waals surface area contributed by atoms with Crippen molar-refractivity contribution in [1.29, 1.82) is 0 Å². The summed E-state index contributed by atoms with van der Waals surface area (Å²) in [5, 5.41) is 10.3. The largest absolute Gasteiger partial charge is 0.456 e. The number of rotatable bonds is 5. The molecule has 0 aliphatic rings. The predicted molar refractivity (Wildman–Crippen MR) is 192 cm³/mol. The first-order valence-electron chi connectivity index (χ1n) is 15.5. The Kier molecular flexibility index (Phi) is 5.87. The van der Waals surface area contributed by atoms with Crippen LogP contribution < -0.4 is 20.7 Å². The molecule has 0 aliphatic heterocycles. The van der Waals surface area contributed by atoms with E-state index < -0.39 is 8.07 Å². The highest BCUT2D eigenvalue weighted by atomic mass is 28.3. The highest BCUT2D eigenvalue weighted by molar-refractivity contribution is 7.21. The van der Waals surface area contributed by atoms with Gasteiger partial charge in [0.15, 0.2) is 8.07 Å². The van der Waals surface area contributed by atoms with Crippen molar-refractivity contribution in [2.75, 3.05) is 0 Å². The van der Waals surface area contributed by atoms with Gasteiger partial charge in [-0.3, -0.25) is 0 Å². The standard InChI is InChI=1S/C42H29NOSi/c1-4-16-30(17-5-1)43-35-24-12-10-22-33(35)41-36(43)25-14-28-39(41)45(31-18-6-2-7-19-31,32-20-8-3-9-21-32)40-29-15-27-38-42(40)34-23-11-13-26-37(34)44-38/h1-29H. The van der Waals surface area contributed by atoms with Crippen LogP contribution >= 0.6 is 0 Å². The van der Waals surface area contributed by atoms with Gasteiger partial charge in [0.2, 0.25) is 0 Å². The average Bonchev–Trinajstić information content (AvgIpc) is 3.67. The Morgan fingerprint density at radius 2 is 0.889 bits per heavy atom. The number of furan rings is 1. The van der Waals surface area contributed by atoms with Gasteiger partial charge in [-0.1, -0.05) is 140 Å². The maximum absolute atomic E-state index is 6.53. The van der Waals surface area contributed by atoms with Crippen molar-refractivity contribution in [3.63, 3.8) is 0 Å². The number of hydrogen-bond donors (Lipinski definition) is 0. The molecule has 0 saturated carbocycles. The van der Waals surface area contributed by atoms with Crippen molar-refractivity contribution >= 4 is 72.6 Å². The molecule has 0 N–H and O–H groups in total. The third-order valence-electron chi connectivity index (χ3n) is 9.34. The van der Waals surface area contributed by atoms with Crippen LogP contribution in [0.4, 0.5) is 0 Å². The number of aromatic nitrogens is 1. The molecule has 45 heavy (non-hydrogen) atoms. The molecule has 7 aromatic carbocycles. The second-order valence-electron chi connectivity index (χ2n) is 11.6. The first-order chi connectivity index (χ1) is 22.4. The van der Waals surface area contributed by atoms with Gasteiger partial charge >= 0.3 is 0 Å². The van der Waals surface area contributed by atoms with Crippen LogP contribution in [0.3, 0.4) is 0 Å². The van der Waals surface area contributed by atoms with Gasteiger partial charge in [0.25, 0.3) is 0 Å². The Hall–Kier alpha value is -5.64. The van der Waals surface area contributed by atoms with Gasteiger partial charge in [-0.25, -0.2) is 0 Å². The first kappa shape index (κ1) is 25.8. The van der Waals surface area contributed by atoms with Gasteiger partial charge in [-0.05, 0) is 57.1 Å². The molecule has 0 atom stereocenters. The van der Waals surface area contributed by atoms with E-state index in [-0.39, 0.29) is 0 Å². The van der Waals surface area contributed by atoms with Crippen LogP contribution in [0.2, 0.25) is 0 Å². The average molecular weight is 592 g/mol. The molecule has 9 aromatic rings. The number of para-hydroxylation sites is 3. The minimum atomic E-state index is -2.99. The van der Waals surface area contributed by atoms with E-state index in [1.807, 2.05) is 0 Å². The lowest BCUT2D eigenvalue weighted by Crippen LogP contribution is -2.75. The van der Waals surface area contributed by atoms with Gasteiger partial charge in [-0.15, -0.1) is 0 Å². The molecule has 9 rings (SSSR count). The van der Waals surface area contributed by atoms with Crippen LogP contribution in [0.15, 0.2) is 180 Å². The number of benzene rings is 7. The molecule has 0 radical (unpaired) electrons. The van der Waals surface area contributed by atoms with Gasteiger partial charge in [0.1, 0.15) is 11.2 Å². The van der Waals surface area contributed by atoms with Crippen LogP contribution in [-0.4, -0.2) is 12.6 Å². The van der Waals surface area contributed by atoms with Gasteiger partial charge in [0.05, 0.1) is 11.0 Å². The SMILES string of the molecule is c1ccc(-n2c3ccccc3c3c([Si](c4ccccc4)(c4ccccc4)c4cccc5oc6ccccc6c45)cccc32)cc1. The minimum Gasteiger partial charge on any atom is -0.456 e. The van der Waals surface area contributed by atoms with E-state index in [0.717, 1.165) is 22.2 Å². The third-order valence-corrected chi connectivity index (χ3v) is 14.2. The van der Waals surface area contributed by atoms with Crippen LogP contribution in [0.1, 0.15) is 0 Å². The lowest BCUT2D eigenvalue weighted by atomic mass is 10.1. The maximum Gasteiger partial charge on any atom is 0.181 e. The smallest absolute Gasteiger partial charge is 0.181 e. The molecule has 0 aliphatic carbocycles. The number of hydrogen-bond acceptors (Lipinski definition) is 1. The normalized spacial score (nSPS) is 12.0. The fraction of sp³-hybridized carbons (Fsp3) is 0. The summed E-state index contributed by atoms with van der Waals surface area (Å²) >= 11 is 0. The fourth-order valence-corrected chi connectivity index (χ4v) is 12.8. The van der Waals surface area contributed by atoms with Crippen LogP contribution in [0, 0.1) is 0 Å². The lowest BCUT2D eigenvalue weighted by molar-refractivity contribution is 0.669. The van der Waals surface area contributed by atoms with E-state index in [1.54, 1.807) is 0 Å². The topological polar surface area (TPSA) is 18.1 Å². The summed E-state index contributed by atoms with van der Waals surface area (Å²) in [6, 6.07) is 64.1. The predicted octanol–water partition coefficient (Wildman–Crippen LogP) is 8.06. The van der Waals surface area contributed by atoms with E-state index in [2.05, 4.69) is 180 Å². The quantitative estimate of drug-likeness (QED) is 0.146. The Labute approximate surface area is 262 Å².